The van der Waals surface area contributed by atoms with Crippen LogP contribution in [0, 0.1) is 5.92 Å². The van der Waals surface area contributed by atoms with Gasteiger partial charge in [-0.15, -0.1) is 10.2 Å². The van der Waals surface area contributed by atoms with Gasteiger partial charge in [-0.05, 0) is 37.1 Å². The Morgan fingerprint density at radius 2 is 2.07 bits per heavy atom. The summed E-state index contributed by atoms with van der Waals surface area (Å²) in [6.07, 6.45) is 6.57. The second-order valence-corrected chi connectivity index (χ2v) is 6.41. The molecule has 4 heterocycles. The van der Waals surface area contributed by atoms with E-state index in [0.29, 0.717) is 18.9 Å². The molecule has 1 saturated heterocycles. The number of nitrogens with zero attached hydrogens (tertiary/aromatic N) is 7. The Morgan fingerprint density at radius 3 is 2.81 bits per heavy atom. The van der Waals surface area contributed by atoms with E-state index in [9.17, 15) is 4.79 Å². The van der Waals surface area contributed by atoms with Crippen molar-refractivity contribution in [3.63, 3.8) is 0 Å². The predicted molar refractivity (Wildman–Crippen MR) is 98.0 cm³/mol. The number of hydrogen-bond donors (Lipinski definition) is 1. The third-order valence-electron chi connectivity index (χ3n) is 4.58. The number of aromatic nitrogens is 6. The van der Waals surface area contributed by atoms with E-state index in [1.165, 1.54) is 6.33 Å². The Bertz CT molecular complexity index is 866. The molecule has 3 aromatic heterocycles. The van der Waals surface area contributed by atoms with Gasteiger partial charge in [-0.3, -0.25) is 9.78 Å². The summed E-state index contributed by atoms with van der Waals surface area (Å²) < 4.78 is 1.56. The van der Waals surface area contributed by atoms with Crippen molar-refractivity contribution in [3.05, 3.63) is 54.9 Å². The molecular weight excluding hydrogens is 344 g/mol. The van der Waals surface area contributed by atoms with Gasteiger partial charge in [0.2, 0.25) is 5.91 Å². The lowest BCUT2D eigenvalue weighted by molar-refractivity contribution is -0.125. The first-order valence-corrected chi connectivity index (χ1v) is 8.91. The number of anilines is 1. The molecule has 0 saturated carbocycles. The topological polar surface area (TPSA) is 102 Å². The monoisotopic (exact) mass is 364 g/mol. The molecule has 1 atom stereocenters. The van der Waals surface area contributed by atoms with Gasteiger partial charge in [0.15, 0.2) is 11.6 Å². The molecule has 9 nitrogen and oxygen atoms in total. The molecule has 0 bridgehead atoms. The fourth-order valence-electron chi connectivity index (χ4n) is 3.16. The molecule has 1 N–H and O–H groups in total. The van der Waals surface area contributed by atoms with Gasteiger partial charge in [-0.25, -0.2) is 9.67 Å². The lowest BCUT2D eigenvalue weighted by atomic mass is 9.97. The molecule has 1 amide bonds. The highest BCUT2D eigenvalue weighted by Crippen LogP contribution is 2.21. The van der Waals surface area contributed by atoms with E-state index < -0.39 is 0 Å². The Hall–Kier alpha value is -3.36. The third kappa shape index (κ3) is 4.08. The van der Waals surface area contributed by atoms with Gasteiger partial charge in [0.1, 0.15) is 12.7 Å². The minimum absolute atomic E-state index is 0.0533. The van der Waals surface area contributed by atoms with Crippen LogP contribution in [0.4, 0.5) is 5.82 Å². The molecule has 0 aliphatic carbocycles. The fourth-order valence-corrected chi connectivity index (χ4v) is 3.16. The van der Waals surface area contributed by atoms with Crippen LogP contribution in [0.25, 0.3) is 5.82 Å². The molecule has 9 heteroatoms. The molecule has 4 rings (SSSR count). The van der Waals surface area contributed by atoms with Crippen molar-refractivity contribution in [1.82, 2.24) is 35.3 Å². The summed E-state index contributed by atoms with van der Waals surface area (Å²) in [5.74, 6) is 1.36. The van der Waals surface area contributed by atoms with E-state index in [0.717, 1.165) is 30.9 Å². The molecule has 1 aliphatic rings. The van der Waals surface area contributed by atoms with Crippen molar-refractivity contribution in [2.24, 2.45) is 5.92 Å². The first-order valence-electron chi connectivity index (χ1n) is 8.91. The summed E-state index contributed by atoms with van der Waals surface area (Å²) in [7, 11) is 0. The molecule has 1 fully saturated rings. The standard InChI is InChI=1S/C18H20N8O/c27-18(21-10-15-5-1-2-8-20-15)14-4-3-9-25(11-14)16-6-7-17(24-23-16)26-13-19-12-22-26/h1-2,5-8,12-14H,3-4,9-11H2,(H,21,27). The predicted octanol–water partition coefficient (Wildman–Crippen LogP) is 0.985. The normalized spacial score (nSPS) is 16.9. The zero-order valence-electron chi connectivity index (χ0n) is 14.8. The van der Waals surface area contributed by atoms with Gasteiger partial charge >= 0.3 is 0 Å². The first-order chi connectivity index (χ1) is 13.3. The van der Waals surface area contributed by atoms with Crippen LogP contribution in [0.15, 0.2) is 49.2 Å². The Morgan fingerprint density at radius 1 is 1.19 bits per heavy atom. The number of nitrogens with one attached hydrogen (secondary N) is 1. The van der Waals surface area contributed by atoms with Gasteiger partial charge < -0.3 is 10.2 Å². The summed E-state index contributed by atoms with van der Waals surface area (Å²) in [6, 6.07) is 9.43. The van der Waals surface area contributed by atoms with Crippen molar-refractivity contribution in [2.75, 3.05) is 18.0 Å². The van der Waals surface area contributed by atoms with Crippen LogP contribution >= 0.6 is 0 Å². The highest BCUT2D eigenvalue weighted by atomic mass is 16.1. The van der Waals surface area contributed by atoms with Crippen molar-refractivity contribution >= 4 is 11.7 Å². The van der Waals surface area contributed by atoms with E-state index in [-0.39, 0.29) is 11.8 Å². The van der Waals surface area contributed by atoms with Crippen molar-refractivity contribution < 1.29 is 4.79 Å². The number of rotatable bonds is 5. The number of piperidine rings is 1. The SMILES string of the molecule is O=C(NCc1ccccn1)C1CCCN(c2ccc(-n3cncn3)nn2)C1. The quantitative estimate of drug-likeness (QED) is 0.720. The van der Waals surface area contributed by atoms with Crippen LogP contribution in [0.1, 0.15) is 18.5 Å². The zero-order chi connectivity index (χ0) is 18.5. The van der Waals surface area contributed by atoms with Gasteiger partial charge in [-0.1, -0.05) is 6.07 Å². The van der Waals surface area contributed by atoms with Crippen LogP contribution in [0.2, 0.25) is 0 Å². The molecule has 138 valence electrons. The summed E-state index contributed by atoms with van der Waals surface area (Å²) in [5.41, 5.74) is 0.855. The summed E-state index contributed by atoms with van der Waals surface area (Å²) in [5, 5.41) is 15.5. The number of pyridine rings is 1. The van der Waals surface area contributed by atoms with Gasteiger partial charge in [0, 0.05) is 19.3 Å². The number of carbonyl (C=O) groups excluding carboxylic acids is 1. The minimum atomic E-state index is -0.0701. The third-order valence-corrected chi connectivity index (χ3v) is 4.58. The molecule has 27 heavy (non-hydrogen) atoms. The second-order valence-electron chi connectivity index (χ2n) is 6.41. The molecule has 1 unspecified atom stereocenters. The maximum absolute atomic E-state index is 12.5. The van der Waals surface area contributed by atoms with E-state index in [4.69, 9.17) is 0 Å². The minimum Gasteiger partial charge on any atom is -0.354 e. The Balaban J connectivity index is 1.36. The van der Waals surface area contributed by atoms with Gasteiger partial charge in [0.05, 0.1) is 18.2 Å². The maximum atomic E-state index is 12.5. The lowest BCUT2D eigenvalue weighted by Gasteiger charge is -2.32. The van der Waals surface area contributed by atoms with Crippen LogP contribution in [-0.4, -0.2) is 48.9 Å². The number of amides is 1. The first kappa shape index (κ1) is 17.1. The largest absolute Gasteiger partial charge is 0.354 e. The van der Waals surface area contributed by atoms with E-state index in [1.54, 1.807) is 17.2 Å². The fraction of sp³-hybridized carbons (Fsp3) is 0.333. The van der Waals surface area contributed by atoms with E-state index >= 15 is 0 Å². The average molecular weight is 364 g/mol. The smallest absolute Gasteiger partial charge is 0.225 e. The lowest BCUT2D eigenvalue weighted by Crippen LogP contribution is -2.43. The summed E-state index contributed by atoms with van der Waals surface area (Å²) in [4.78, 5) is 22.8. The van der Waals surface area contributed by atoms with Crippen LogP contribution in [-0.2, 0) is 11.3 Å². The van der Waals surface area contributed by atoms with Gasteiger partial charge in [0.25, 0.3) is 0 Å². The number of hydrogen-bond acceptors (Lipinski definition) is 7. The molecule has 0 aromatic carbocycles. The van der Waals surface area contributed by atoms with Gasteiger partial charge in [-0.2, -0.15) is 5.10 Å². The molecule has 0 spiro atoms. The van der Waals surface area contributed by atoms with E-state index in [1.807, 2.05) is 30.3 Å². The molecule has 3 aromatic rings. The van der Waals surface area contributed by atoms with Crippen LogP contribution in [0.5, 0.6) is 0 Å². The van der Waals surface area contributed by atoms with Crippen LogP contribution in [0.3, 0.4) is 0 Å². The molecule has 0 radical (unpaired) electrons. The summed E-state index contributed by atoms with van der Waals surface area (Å²) >= 11 is 0. The van der Waals surface area contributed by atoms with Crippen molar-refractivity contribution in [1.29, 1.82) is 0 Å². The highest BCUT2D eigenvalue weighted by Gasteiger charge is 2.26. The van der Waals surface area contributed by atoms with Crippen molar-refractivity contribution in [2.45, 2.75) is 19.4 Å². The average Bonchev–Trinajstić information content (AvgIpc) is 3.28. The Labute approximate surface area is 156 Å². The molecular formula is C18H20N8O. The number of carbonyl (C=O) groups is 1. The summed E-state index contributed by atoms with van der Waals surface area (Å²) in [6.45, 7) is 1.94. The van der Waals surface area contributed by atoms with E-state index in [2.05, 4.69) is 35.5 Å². The molecule has 1 aliphatic heterocycles. The zero-order valence-corrected chi connectivity index (χ0v) is 14.8. The van der Waals surface area contributed by atoms with Crippen LogP contribution < -0.4 is 10.2 Å². The van der Waals surface area contributed by atoms with Crippen molar-refractivity contribution in [3.8, 4) is 5.82 Å². The maximum Gasteiger partial charge on any atom is 0.225 e. The Kier molecular flexibility index (Phi) is 4.99. The highest BCUT2D eigenvalue weighted by molar-refractivity contribution is 5.79. The second kappa shape index (κ2) is 7.90.